The predicted molar refractivity (Wildman–Crippen MR) is 153 cm³/mol. The molecule has 0 aliphatic rings. The number of carbonyl (C=O) groups is 1. The molecule has 0 saturated carbocycles. The van der Waals surface area contributed by atoms with E-state index in [1.165, 1.54) is 6.20 Å². The summed E-state index contributed by atoms with van der Waals surface area (Å²) in [4.78, 5) is 37.7. The first kappa shape index (κ1) is 26.6. The van der Waals surface area contributed by atoms with Gasteiger partial charge in [0.25, 0.3) is 11.5 Å². The third kappa shape index (κ3) is 5.59. The van der Waals surface area contributed by atoms with Crippen LogP contribution in [-0.2, 0) is 13.1 Å². The van der Waals surface area contributed by atoms with E-state index in [1.807, 2.05) is 57.2 Å². The number of aromatic nitrogens is 3. The number of aromatic amines is 1. The van der Waals surface area contributed by atoms with E-state index in [0.717, 1.165) is 39.0 Å². The minimum Gasteiger partial charge on any atom is -0.404 e. The highest BCUT2D eigenvalue weighted by Crippen LogP contribution is 2.31. The SMILES string of the molecule is Cc1cc(C)c(CNC(=O)c2cc(C(C=NCc3ccccn3)=CN)cc3c2c(C)cn3C(C)C)c(=O)[nH]1. The van der Waals surface area contributed by atoms with E-state index < -0.39 is 0 Å². The summed E-state index contributed by atoms with van der Waals surface area (Å²) in [6, 6.07) is 11.7. The zero-order chi connectivity index (χ0) is 27.4. The standard InChI is InChI=1S/C30H34N6O2/c1-18(2)36-17-20(4)28-25(29(37)34-16-26-19(3)10-21(5)35-30(26)38)11-22(12-27(28)36)23(13-31)14-32-15-24-8-6-7-9-33-24/h6-14,17-18H,15-16,31H2,1-5H3,(H,34,37)(H,35,38). The lowest BCUT2D eigenvalue weighted by atomic mass is 9.98. The van der Waals surface area contributed by atoms with E-state index in [1.54, 1.807) is 12.4 Å². The number of carbonyl (C=O) groups excluding carboxylic acids is 1. The van der Waals surface area contributed by atoms with Crippen LogP contribution in [0.4, 0.5) is 0 Å². The van der Waals surface area contributed by atoms with E-state index in [0.29, 0.717) is 23.2 Å². The van der Waals surface area contributed by atoms with Gasteiger partial charge in [0.15, 0.2) is 0 Å². The van der Waals surface area contributed by atoms with E-state index in [4.69, 9.17) is 5.73 Å². The second-order valence-electron chi connectivity index (χ2n) is 9.77. The Hall–Kier alpha value is -4.46. The molecule has 0 saturated heterocycles. The van der Waals surface area contributed by atoms with Crippen molar-refractivity contribution >= 4 is 28.6 Å². The molecular formula is C30H34N6O2. The second kappa shape index (κ2) is 11.3. The van der Waals surface area contributed by atoms with Crippen LogP contribution < -0.4 is 16.6 Å². The largest absolute Gasteiger partial charge is 0.404 e. The fourth-order valence-corrected chi connectivity index (χ4v) is 4.67. The molecule has 4 aromatic rings. The van der Waals surface area contributed by atoms with E-state index in [2.05, 4.69) is 44.9 Å². The topological polar surface area (TPSA) is 118 Å². The van der Waals surface area contributed by atoms with Crippen LogP contribution in [0.3, 0.4) is 0 Å². The fourth-order valence-electron chi connectivity index (χ4n) is 4.67. The van der Waals surface area contributed by atoms with E-state index in [9.17, 15) is 9.59 Å². The van der Waals surface area contributed by atoms with Crippen LogP contribution in [0.25, 0.3) is 16.5 Å². The number of nitrogens with one attached hydrogen (secondary N) is 2. The number of nitrogens with two attached hydrogens (primary N) is 1. The molecule has 38 heavy (non-hydrogen) atoms. The van der Waals surface area contributed by atoms with Crippen molar-refractivity contribution in [1.82, 2.24) is 19.9 Å². The predicted octanol–water partition coefficient (Wildman–Crippen LogP) is 4.73. The highest BCUT2D eigenvalue weighted by atomic mass is 16.1. The zero-order valence-electron chi connectivity index (χ0n) is 22.5. The van der Waals surface area contributed by atoms with Crippen LogP contribution in [0.5, 0.6) is 0 Å². The van der Waals surface area contributed by atoms with Crippen molar-refractivity contribution in [1.29, 1.82) is 0 Å². The van der Waals surface area contributed by atoms with Gasteiger partial charge in [-0.15, -0.1) is 0 Å². The normalized spacial score (nSPS) is 12.1. The number of amides is 1. The maximum absolute atomic E-state index is 13.6. The van der Waals surface area contributed by atoms with Crippen molar-refractivity contribution in [2.75, 3.05) is 0 Å². The van der Waals surface area contributed by atoms with Crippen LogP contribution in [0, 0.1) is 20.8 Å². The number of allylic oxidation sites excluding steroid dienone is 1. The van der Waals surface area contributed by atoms with Crippen molar-refractivity contribution < 1.29 is 4.79 Å². The summed E-state index contributed by atoms with van der Waals surface area (Å²) in [5, 5.41) is 3.83. The number of aryl methyl sites for hydroxylation is 3. The van der Waals surface area contributed by atoms with E-state index in [-0.39, 0.29) is 24.1 Å². The molecule has 1 aromatic carbocycles. The number of aliphatic imine (C=N–C) groups is 1. The molecule has 0 aliphatic carbocycles. The molecule has 0 atom stereocenters. The lowest BCUT2D eigenvalue weighted by Gasteiger charge is -2.14. The summed E-state index contributed by atoms with van der Waals surface area (Å²) in [6.07, 6.45) is 7.00. The van der Waals surface area contributed by atoms with Gasteiger partial charge in [-0.2, -0.15) is 0 Å². The average Bonchev–Trinajstić information content (AvgIpc) is 3.22. The third-order valence-electron chi connectivity index (χ3n) is 6.57. The number of fused-ring (bicyclic) bond motifs is 1. The first-order valence-corrected chi connectivity index (χ1v) is 12.6. The molecular weight excluding hydrogens is 476 g/mol. The Balaban J connectivity index is 1.73. The molecule has 8 nitrogen and oxygen atoms in total. The Bertz CT molecular complexity index is 1590. The maximum Gasteiger partial charge on any atom is 0.253 e. The number of hydrogen-bond acceptors (Lipinski definition) is 5. The second-order valence-corrected chi connectivity index (χ2v) is 9.77. The summed E-state index contributed by atoms with van der Waals surface area (Å²) in [5.74, 6) is -0.261. The summed E-state index contributed by atoms with van der Waals surface area (Å²) in [7, 11) is 0. The molecule has 0 unspecified atom stereocenters. The number of benzene rings is 1. The first-order chi connectivity index (χ1) is 18.2. The van der Waals surface area contributed by atoms with Crippen molar-refractivity contribution in [3.8, 4) is 0 Å². The Labute approximate surface area is 222 Å². The minimum absolute atomic E-state index is 0.126. The van der Waals surface area contributed by atoms with E-state index >= 15 is 0 Å². The van der Waals surface area contributed by atoms with Crippen LogP contribution in [0.15, 0.2) is 64.8 Å². The van der Waals surface area contributed by atoms with Gasteiger partial charge in [-0.1, -0.05) is 6.07 Å². The number of pyridine rings is 2. The molecule has 0 radical (unpaired) electrons. The molecule has 0 fully saturated rings. The van der Waals surface area contributed by atoms with Crippen LogP contribution in [0.1, 0.15) is 63.9 Å². The van der Waals surface area contributed by atoms with Gasteiger partial charge < -0.3 is 20.6 Å². The summed E-state index contributed by atoms with van der Waals surface area (Å²) < 4.78 is 2.15. The molecule has 0 aliphatic heterocycles. The molecule has 3 aromatic heterocycles. The highest BCUT2D eigenvalue weighted by molar-refractivity contribution is 6.14. The average molecular weight is 511 g/mol. The van der Waals surface area contributed by atoms with Crippen LogP contribution in [0.2, 0.25) is 0 Å². The molecule has 8 heteroatoms. The maximum atomic E-state index is 13.6. The Morgan fingerprint density at radius 1 is 1.18 bits per heavy atom. The minimum atomic E-state index is -0.261. The van der Waals surface area contributed by atoms with Crippen molar-refractivity contribution in [2.24, 2.45) is 10.7 Å². The lowest BCUT2D eigenvalue weighted by molar-refractivity contribution is 0.0952. The summed E-state index contributed by atoms with van der Waals surface area (Å²) in [6.45, 7) is 10.5. The Morgan fingerprint density at radius 2 is 1.97 bits per heavy atom. The van der Waals surface area contributed by atoms with Gasteiger partial charge in [0.05, 0.1) is 12.2 Å². The van der Waals surface area contributed by atoms with Gasteiger partial charge in [0, 0.05) is 70.7 Å². The lowest BCUT2D eigenvalue weighted by Crippen LogP contribution is -2.28. The van der Waals surface area contributed by atoms with Crippen molar-refractivity contribution in [3.63, 3.8) is 0 Å². The highest BCUT2D eigenvalue weighted by Gasteiger charge is 2.19. The van der Waals surface area contributed by atoms with Crippen LogP contribution >= 0.6 is 0 Å². The molecule has 0 bridgehead atoms. The van der Waals surface area contributed by atoms with Gasteiger partial charge in [-0.25, -0.2) is 0 Å². The van der Waals surface area contributed by atoms with Gasteiger partial charge in [0.2, 0.25) is 0 Å². The molecule has 196 valence electrons. The molecule has 4 N–H and O–H groups in total. The van der Waals surface area contributed by atoms with Crippen molar-refractivity contribution in [3.05, 3.63) is 105 Å². The molecule has 0 spiro atoms. The summed E-state index contributed by atoms with van der Waals surface area (Å²) >= 11 is 0. The summed E-state index contributed by atoms with van der Waals surface area (Å²) in [5.41, 5.74) is 12.8. The number of rotatable bonds is 8. The van der Waals surface area contributed by atoms with Gasteiger partial charge in [0.1, 0.15) is 0 Å². The quantitative estimate of drug-likeness (QED) is 0.297. The van der Waals surface area contributed by atoms with Gasteiger partial charge >= 0.3 is 0 Å². The monoisotopic (exact) mass is 510 g/mol. The smallest absolute Gasteiger partial charge is 0.253 e. The number of nitrogens with zero attached hydrogens (tertiary/aromatic N) is 3. The zero-order valence-corrected chi connectivity index (χ0v) is 22.5. The number of H-pyrrole nitrogens is 1. The Kier molecular flexibility index (Phi) is 7.90. The first-order valence-electron chi connectivity index (χ1n) is 12.6. The van der Waals surface area contributed by atoms with Crippen LogP contribution in [-0.4, -0.2) is 26.7 Å². The fraction of sp³-hybridized carbons (Fsp3) is 0.267. The van der Waals surface area contributed by atoms with Crippen molar-refractivity contribution in [2.45, 2.75) is 53.8 Å². The third-order valence-corrected chi connectivity index (χ3v) is 6.57. The Morgan fingerprint density at radius 3 is 2.63 bits per heavy atom. The molecule has 1 amide bonds. The van der Waals surface area contributed by atoms with Gasteiger partial charge in [-0.3, -0.25) is 19.6 Å². The van der Waals surface area contributed by atoms with Gasteiger partial charge in [-0.05, 0) is 81.6 Å². The molecule has 4 rings (SSSR count). The molecule has 3 heterocycles. The number of hydrogen-bond donors (Lipinski definition) is 3.